The van der Waals surface area contributed by atoms with Gasteiger partial charge in [-0.3, -0.25) is 9.59 Å². The van der Waals surface area contributed by atoms with Crippen LogP contribution in [0.2, 0.25) is 0 Å². The first-order valence-electron chi connectivity index (χ1n) is 7.07. The summed E-state index contributed by atoms with van der Waals surface area (Å²) in [6, 6.07) is 6.25. The topological polar surface area (TPSA) is 122 Å². The Hall–Kier alpha value is -2.66. The lowest BCUT2D eigenvalue weighted by atomic mass is 10.00. The number of amides is 1. The molecule has 1 aromatic heterocycles. The number of carbonyl (C=O) groups is 1. The van der Waals surface area contributed by atoms with E-state index >= 15 is 0 Å². The van der Waals surface area contributed by atoms with E-state index in [0.717, 1.165) is 12.3 Å². The van der Waals surface area contributed by atoms with Crippen LogP contribution >= 0.6 is 0 Å². The van der Waals surface area contributed by atoms with Gasteiger partial charge < -0.3 is 10.7 Å². The maximum Gasteiger partial charge on any atom is 0.431 e. The molecular formula is C15H14F3N3O4S. The number of carbonyl (C=O) groups excluding carboxylic acids is 1. The first-order valence-corrected chi connectivity index (χ1v) is 8.96. The number of primary amides is 1. The van der Waals surface area contributed by atoms with E-state index in [9.17, 15) is 31.2 Å². The number of rotatable bonds is 5. The van der Waals surface area contributed by atoms with Crippen LogP contribution in [-0.2, 0) is 22.7 Å². The first kappa shape index (κ1) is 19.7. The zero-order valence-electron chi connectivity index (χ0n) is 13.3. The molecule has 0 aliphatic carbocycles. The number of hydrogen-bond acceptors (Lipinski definition) is 4. The van der Waals surface area contributed by atoms with Crippen LogP contribution in [0.5, 0.6) is 0 Å². The molecule has 0 unspecified atom stereocenters. The maximum atomic E-state index is 13.2. The van der Waals surface area contributed by atoms with Gasteiger partial charge in [0.25, 0.3) is 11.5 Å². The highest BCUT2D eigenvalue weighted by Crippen LogP contribution is 2.35. The second-order valence-electron chi connectivity index (χ2n) is 5.45. The SMILES string of the molecule is CS(=O)(=O)NCc1ccc(-c2cc(C(N)=O)c(=O)[nH]c2C(F)(F)F)cc1. The minimum atomic E-state index is -4.86. The summed E-state index contributed by atoms with van der Waals surface area (Å²) in [6.07, 6.45) is -3.89. The van der Waals surface area contributed by atoms with E-state index in [1.165, 1.54) is 24.3 Å². The highest BCUT2D eigenvalue weighted by atomic mass is 32.2. The predicted octanol–water partition coefficient (Wildman–Crippen LogP) is 1.21. The maximum absolute atomic E-state index is 13.2. The Labute approximate surface area is 146 Å². The summed E-state index contributed by atoms with van der Waals surface area (Å²) in [5.41, 5.74) is 2.03. The van der Waals surface area contributed by atoms with Crippen LogP contribution in [0.15, 0.2) is 35.1 Å². The van der Waals surface area contributed by atoms with Gasteiger partial charge in [-0.25, -0.2) is 13.1 Å². The zero-order chi connectivity index (χ0) is 19.7. The monoisotopic (exact) mass is 389 g/mol. The molecule has 0 radical (unpaired) electrons. The highest BCUT2D eigenvalue weighted by Gasteiger charge is 2.36. The van der Waals surface area contributed by atoms with Gasteiger partial charge in [0.15, 0.2) is 0 Å². The molecule has 140 valence electrons. The van der Waals surface area contributed by atoms with Crippen molar-refractivity contribution < 1.29 is 26.4 Å². The minimum absolute atomic E-state index is 0.0383. The number of halogens is 3. The van der Waals surface area contributed by atoms with E-state index in [1.807, 2.05) is 0 Å². The van der Waals surface area contributed by atoms with E-state index in [-0.39, 0.29) is 12.1 Å². The van der Waals surface area contributed by atoms with Crippen LogP contribution in [0.1, 0.15) is 21.6 Å². The molecule has 0 spiro atoms. The molecule has 1 heterocycles. The fourth-order valence-corrected chi connectivity index (χ4v) is 2.61. The van der Waals surface area contributed by atoms with Crippen molar-refractivity contribution in [2.24, 2.45) is 5.73 Å². The van der Waals surface area contributed by atoms with Gasteiger partial charge in [-0.05, 0) is 17.2 Å². The Morgan fingerprint density at radius 3 is 2.27 bits per heavy atom. The lowest BCUT2D eigenvalue weighted by Gasteiger charge is -2.14. The van der Waals surface area contributed by atoms with Crippen LogP contribution in [0.25, 0.3) is 11.1 Å². The third kappa shape index (κ3) is 4.70. The molecule has 0 saturated heterocycles. The molecule has 1 aromatic carbocycles. The van der Waals surface area contributed by atoms with Gasteiger partial charge in [0.2, 0.25) is 10.0 Å². The number of alkyl halides is 3. The molecule has 2 rings (SSSR count). The van der Waals surface area contributed by atoms with Gasteiger partial charge in [-0.15, -0.1) is 0 Å². The van der Waals surface area contributed by atoms with Crippen molar-refractivity contribution in [2.75, 3.05) is 6.26 Å². The van der Waals surface area contributed by atoms with Gasteiger partial charge in [0, 0.05) is 12.1 Å². The molecule has 0 saturated carbocycles. The lowest BCUT2D eigenvalue weighted by Crippen LogP contribution is -2.27. The van der Waals surface area contributed by atoms with Crippen molar-refractivity contribution in [3.05, 3.63) is 57.5 Å². The summed E-state index contributed by atoms with van der Waals surface area (Å²) in [5, 5.41) is 0. The van der Waals surface area contributed by atoms with Crippen molar-refractivity contribution in [3.63, 3.8) is 0 Å². The second-order valence-corrected chi connectivity index (χ2v) is 7.29. The summed E-state index contributed by atoms with van der Waals surface area (Å²) < 4.78 is 64.0. The number of nitrogens with one attached hydrogen (secondary N) is 2. The van der Waals surface area contributed by atoms with Crippen LogP contribution in [0.3, 0.4) is 0 Å². The Morgan fingerprint density at radius 2 is 1.81 bits per heavy atom. The Bertz CT molecular complexity index is 996. The number of aromatic amines is 1. The Morgan fingerprint density at radius 1 is 1.23 bits per heavy atom. The molecule has 0 fully saturated rings. The fraction of sp³-hybridized carbons (Fsp3) is 0.200. The normalized spacial score (nSPS) is 12.2. The van der Waals surface area contributed by atoms with Crippen molar-refractivity contribution in [1.29, 1.82) is 0 Å². The van der Waals surface area contributed by atoms with Crippen LogP contribution in [-0.4, -0.2) is 25.6 Å². The standard InChI is InChI=1S/C15H14F3N3O4S/c1-26(24,25)20-7-8-2-4-9(5-3-8)10-6-11(13(19)22)14(23)21-12(10)15(16,17)18/h2-6,20H,7H2,1H3,(H2,19,22)(H,21,23). The summed E-state index contributed by atoms with van der Waals surface area (Å²) in [7, 11) is -3.42. The van der Waals surface area contributed by atoms with Crippen molar-refractivity contribution in [1.82, 2.24) is 9.71 Å². The van der Waals surface area contributed by atoms with E-state index in [2.05, 4.69) is 4.72 Å². The van der Waals surface area contributed by atoms with Gasteiger partial charge in [0.05, 0.1) is 6.26 Å². The fourth-order valence-electron chi connectivity index (χ4n) is 2.18. The largest absolute Gasteiger partial charge is 0.431 e. The van der Waals surface area contributed by atoms with Crippen LogP contribution in [0, 0.1) is 0 Å². The van der Waals surface area contributed by atoms with Crippen molar-refractivity contribution >= 4 is 15.9 Å². The van der Waals surface area contributed by atoms with E-state index in [1.54, 1.807) is 4.98 Å². The number of sulfonamides is 1. The molecule has 26 heavy (non-hydrogen) atoms. The van der Waals surface area contributed by atoms with E-state index in [0.29, 0.717) is 5.56 Å². The van der Waals surface area contributed by atoms with Crippen molar-refractivity contribution in [2.45, 2.75) is 12.7 Å². The van der Waals surface area contributed by atoms with Gasteiger partial charge in [-0.1, -0.05) is 24.3 Å². The van der Waals surface area contributed by atoms with Crippen LogP contribution in [0.4, 0.5) is 13.2 Å². The second kappa shape index (κ2) is 6.92. The molecular weight excluding hydrogens is 375 g/mol. The molecule has 0 aliphatic rings. The number of aromatic nitrogens is 1. The Balaban J connectivity index is 2.51. The average molecular weight is 389 g/mol. The average Bonchev–Trinajstić information content (AvgIpc) is 2.51. The lowest BCUT2D eigenvalue weighted by molar-refractivity contribution is -0.140. The molecule has 4 N–H and O–H groups in total. The van der Waals surface area contributed by atoms with Gasteiger partial charge in [-0.2, -0.15) is 13.2 Å². The van der Waals surface area contributed by atoms with Gasteiger partial charge >= 0.3 is 6.18 Å². The molecule has 11 heteroatoms. The number of benzene rings is 1. The summed E-state index contributed by atoms with van der Waals surface area (Å²) >= 11 is 0. The molecule has 0 atom stereocenters. The molecule has 2 aromatic rings. The molecule has 0 aliphatic heterocycles. The number of H-pyrrole nitrogens is 1. The quantitative estimate of drug-likeness (QED) is 0.711. The predicted molar refractivity (Wildman–Crippen MR) is 87.7 cm³/mol. The Kier molecular flexibility index (Phi) is 5.23. The van der Waals surface area contributed by atoms with E-state index < -0.39 is 44.5 Å². The highest BCUT2D eigenvalue weighted by molar-refractivity contribution is 7.88. The third-order valence-electron chi connectivity index (χ3n) is 3.39. The first-order chi connectivity index (χ1) is 11.9. The van der Waals surface area contributed by atoms with Crippen LogP contribution < -0.4 is 16.0 Å². The van der Waals surface area contributed by atoms with Gasteiger partial charge in [0.1, 0.15) is 11.3 Å². The van der Waals surface area contributed by atoms with Crippen molar-refractivity contribution in [3.8, 4) is 11.1 Å². The molecule has 1 amide bonds. The molecule has 0 bridgehead atoms. The summed E-state index contributed by atoms with van der Waals surface area (Å²) in [6.45, 7) is -0.0383. The molecule has 7 nitrogen and oxygen atoms in total. The summed E-state index contributed by atoms with van der Waals surface area (Å²) in [4.78, 5) is 24.5. The smallest absolute Gasteiger partial charge is 0.365 e. The minimum Gasteiger partial charge on any atom is -0.365 e. The summed E-state index contributed by atoms with van der Waals surface area (Å²) in [5.74, 6) is -1.16. The number of pyridine rings is 1. The number of hydrogen-bond donors (Lipinski definition) is 3. The number of nitrogens with two attached hydrogens (primary N) is 1. The zero-order valence-corrected chi connectivity index (χ0v) is 14.2. The van der Waals surface area contributed by atoms with E-state index in [4.69, 9.17) is 5.73 Å². The third-order valence-corrected chi connectivity index (χ3v) is 4.06.